The summed E-state index contributed by atoms with van der Waals surface area (Å²) in [4.78, 5) is 30.9. The second-order valence-electron chi connectivity index (χ2n) is 7.02. The van der Waals surface area contributed by atoms with Crippen molar-refractivity contribution in [1.82, 2.24) is 10.3 Å². The molecule has 2 aromatic rings. The number of amides is 1. The quantitative estimate of drug-likeness (QED) is 0.685. The Kier molecular flexibility index (Phi) is 6.61. The number of hydrogen-bond acceptors (Lipinski definition) is 5. The van der Waals surface area contributed by atoms with Gasteiger partial charge < -0.3 is 10.1 Å². The number of aryl methyl sites for hydroxylation is 2. The van der Waals surface area contributed by atoms with E-state index in [2.05, 4.69) is 10.3 Å². The summed E-state index contributed by atoms with van der Waals surface area (Å²) < 4.78 is 5.99. The van der Waals surface area contributed by atoms with Gasteiger partial charge in [-0.3, -0.25) is 9.59 Å². The van der Waals surface area contributed by atoms with Gasteiger partial charge >= 0.3 is 0 Å². The Hall–Kier alpha value is -2.21. The SMILES string of the molecule is Cc1cc(C(=O)CCC(=O)NCc2cccnc2OC2CCCC2)c(C)s1. The first kappa shape index (κ1) is 19.5. The highest BCUT2D eigenvalue weighted by molar-refractivity contribution is 7.12. The maximum Gasteiger partial charge on any atom is 0.220 e. The van der Waals surface area contributed by atoms with E-state index in [0.29, 0.717) is 12.4 Å². The van der Waals surface area contributed by atoms with Gasteiger partial charge in [0.2, 0.25) is 11.8 Å². The summed E-state index contributed by atoms with van der Waals surface area (Å²) in [6, 6.07) is 5.66. The molecule has 0 bridgehead atoms. The molecular weight excluding hydrogens is 360 g/mol. The second-order valence-corrected chi connectivity index (χ2v) is 8.48. The van der Waals surface area contributed by atoms with Gasteiger partial charge in [0.25, 0.3) is 0 Å². The summed E-state index contributed by atoms with van der Waals surface area (Å²) >= 11 is 1.61. The lowest BCUT2D eigenvalue weighted by Gasteiger charge is -2.15. The Bertz CT molecular complexity index is 810. The second kappa shape index (κ2) is 9.13. The molecule has 2 heterocycles. The van der Waals surface area contributed by atoms with E-state index < -0.39 is 0 Å². The molecule has 3 rings (SSSR count). The highest BCUT2D eigenvalue weighted by Crippen LogP contribution is 2.25. The largest absolute Gasteiger partial charge is 0.474 e. The van der Waals surface area contributed by atoms with Crippen molar-refractivity contribution in [2.75, 3.05) is 0 Å². The molecule has 0 spiro atoms. The monoisotopic (exact) mass is 386 g/mol. The number of carbonyl (C=O) groups is 2. The Labute approximate surface area is 164 Å². The third kappa shape index (κ3) is 5.39. The fraction of sp³-hybridized carbons (Fsp3) is 0.476. The van der Waals surface area contributed by atoms with Crippen molar-refractivity contribution in [3.8, 4) is 5.88 Å². The highest BCUT2D eigenvalue weighted by Gasteiger charge is 2.19. The third-order valence-corrected chi connectivity index (χ3v) is 5.79. The van der Waals surface area contributed by atoms with Crippen molar-refractivity contribution in [3.05, 3.63) is 45.3 Å². The average molecular weight is 387 g/mol. The van der Waals surface area contributed by atoms with Crippen LogP contribution in [0.1, 0.15) is 64.2 Å². The number of rotatable bonds is 8. The maximum absolute atomic E-state index is 12.3. The van der Waals surface area contributed by atoms with Gasteiger partial charge in [-0.05, 0) is 51.7 Å². The lowest BCUT2D eigenvalue weighted by atomic mass is 10.1. The van der Waals surface area contributed by atoms with Crippen LogP contribution in [0.25, 0.3) is 0 Å². The summed E-state index contributed by atoms with van der Waals surface area (Å²) in [5, 5.41) is 2.88. The molecule has 0 saturated heterocycles. The fourth-order valence-corrected chi connectivity index (χ4v) is 4.32. The number of carbonyl (C=O) groups excluding carboxylic acids is 2. The van der Waals surface area contributed by atoms with Crippen LogP contribution in [0.2, 0.25) is 0 Å². The molecule has 1 aliphatic rings. The molecule has 0 aliphatic heterocycles. The standard InChI is InChI=1S/C21H26N2O3S/c1-14-12-18(15(2)27-14)19(24)9-10-20(25)23-13-16-6-5-11-22-21(16)26-17-7-3-4-8-17/h5-6,11-12,17H,3-4,7-10,13H2,1-2H3,(H,23,25). The molecule has 0 radical (unpaired) electrons. The predicted molar refractivity (Wildman–Crippen MR) is 106 cm³/mol. The van der Waals surface area contributed by atoms with E-state index in [-0.39, 0.29) is 30.6 Å². The number of pyridine rings is 1. The van der Waals surface area contributed by atoms with Crippen molar-refractivity contribution in [2.45, 2.75) is 65.0 Å². The van der Waals surface area contributed by atoms with Gasteiger partial charge in [0, 0.05) is 46.5 Å². The Morgan fingerprint density at radius 1 is 1.26 bits per heavy atom. The van der Waals surface area contributed by atoms with Gasteiger partial charge in [-0.25, -0.2) is 4.98 Å². The normalized spacial score (nSPS) is 14.3. The molecule has 2 aromatic heterocycles. The number of ether oxygens (including phenoxy) is 1. The number of hydrogen-bond donors (Lipinski definition) is 1. The zero-order valence-corrected chi connectivity index (χ0v) is 16.7. The maximum atomic E-state index is 12.3. The predicted octanol–water partition coefficient (Wildman–Crippen LogP) is 4.36. The van der Waals surface area contributed by atoms with Crippen molar-refractivity contribution in [3.63, 3.8) is 0 Å². The first-order chi connectivity index (χ1) is 13.0. The molecule has 0 atom stereocenters. The van der Waals surface area contributed by atoms with Gasteiger partial charge in [-0.1, -0.05) is 6.07 Å². The smallest absolute Gasteiger partial charge is 0.220 e. The number of ketones is 1. The summed E-state index contributed by atoms with van der Waals surface area (Å²) in [7, 11) is 0. The molecule has 27 heavy (non-hydrogen) atoms. The Morgan fingerprint density at radius 3 is 2.74 bits per heavy atom. The van der Waals surface area contributed by atoms with Gasteiger partial charge in [0.1, 0.15) is 6.10 Å². The molecular formula is C21H26N2O3S. The van der Waals surface area contributed by atoms with Gasteiger partial charge in [-0.2, -0.15) is 0 Å². The van der Waals surface area contributed by atoms with Crippen LogP contribution in [0.3, 0.4) is 0 Å². The number of Topliss-reactive ketones (excluding diaryl/α,β-unsaturated/α-hetero) is 1. The molecule has 0 unspecified atom stereocenters. The van der Waals surface area contributed by atoms with Gasteiger partial charge in [-0.15, -0.1) is 11.3 Å². The van der Waals surface area contributed by atoms with E-state index in [0.717, 1.165) is 33.7 Å². The van der Waals surface area contributed by atoms with Gasteiger partial charge in [0.15, 0.2) is 5.78 Å². The van der Waals surface area contributed by atoms with Crippen molar-refractivity contribution < 1.29 is 14.3 Å². The van der Waals surface area contributed by atoms with Crippen LogP contribution in [0, 0.1) is 13.8 Å². The average Bonchev–Trinajstić information content (AvgIpc) is 3.28. The minimum absolute atomic E-state index is 0.0265. The number of aromatic nitrogens is 1. The molecule has 1 aliphatic carbocycles. The zero-order chi connectivity index (χ0) is 19.2. The van der Waals surface area contributed by atoms with Crippen LogP contribution in [-0.2, 0) is 11.3 Å². The Balaban J connectivity index is 1.49. The molecule has 1 saturated carbocycles. The molecule has 1 N–H and O–H groups in total. The zero-order valence-electron chi connectivity index (χ0n) is 15.9. The van der Waals surface area contributed by atoms with E-state index in [4.69, 9.17) is 4.74 Å². The molecule has 1 amide bonds. The van der Waals surface area contributed by atoms with Gasteiger partial charge in [0.05, 0.1) is 0 Å². The van der Waals surface area contributed by atoms with Crippen LogP contribution in [-0.4, -0.2) is 22.8 Å². The van der Waals surface area contributed by atoms with E-state index in [1.54, 1.807) is 17.5 Å². The molecule has 1 fully saturated rings. The minimum Gasteiger partial charge on any atom is -0.474 e. The summed E-state index contributed by atoms with van der Waals surface area (Å²) in [6.45, 7) is 4.29. The molecule has 5 nitrogen and oxygen atoms in total. The van der Waals surface area contributed by atoms with Crippen molar-refractivity contribution >= 4 is 23.0 Å². The number of nitrogens with one attached hydrogen (secondary N) is 1. The first-order valence-corrected chi connectivity index (χ1v) is 10.3. The third-order valence-electron chi connectivity index (χ3n) is 4.83. The van der Waals surface area contributed by atoms with E-state index >= 15 is 0 Å². The molecule has 144 valence electrons. The van der Waals surface area contributed by atoms with E-state index in [1.165, 1.54) is 12.8 Å². The summed E-state index contributed by atoms with van der Waals surface area (Å²) in [5.74, 6) is 0.493. The van der Waals surface area contributed by atoms with Crippen LogP contribution >= 0.6 is 11.3 Å². The van der Waals surface area contributed by atoms with Crippen molar-refractivity contribution in [1.29, 1.82) is 0 Å². The fourth-order valence-electron chi connectivity index (χ4n) is 3.38. The van der Waals surface area contributed by atoms with Crippen LogP contribution < -0.4 is 10.1 Å². The van der Waals surface area contributed by atoms with E-state index in [9.17, 15) is 9.59 Å². The first-order valence-electron chi connectivity index (χ1n) is 9.50. The minimum atomic E-state index is -0.136. The Morgan fingerprint density at radius 2 is 2.04 bits per heavy atom. The number of thiophene rings is 1. The molecule has 0 aromatic carbocycles. The van der Waals surface area contributed by atoms with Crippen LogP contribution in [0.15, 0.2) is 24.4 Å². The summed E-state index contributed by atoms with van der Waals surface area (Å²) in [5.41, 5.74) is 1.61. The van der Waals surface area contributed by atoms with Crippen molar-refractivity contribution in [2.24, 2.45) is 0 Å². The summed E-state index contributed by atoms with van der Waals surface area (Å²) in [6.07, 6.45) is 6.86. The number of nitrogens with zero attached hydrogens (tertiary/aromatic N) is 1. The van der Waals surface area contributed by atoms with Crippen LogP contribution in [0.4, 0.5) is 0 Å². The van der Waals surface area contributed by atoms with E-state index in [1.807, 2.05) is 32.0 Å². The lowest BCUT2D eigenvalue weighted by Crippen LogP contribution is -2.24. The van der Waals surface area contributed by atoms with Crippen LogP contribution in [0.5, 0.6) is 5.88 Å². The molecule has 6 heteroatoms. The lowest BCUT2D eigenvalue weighted by molar-refractivity contribution is -0.121. The highest BCUT2D eigenvalue weighted by atomic mass is 32.1. The topological polar surface area (TPSA) is 68.3 Å².